The lowest BCUT2D eigenvalue weighted by molar-refractivity contribution is -0.153. The van der Waals surface area contributed by atoms with E-state index < -0.39 is 11.8 Å². The van der Waals surface area contributed by atoms with Crippen molar-refractivity contribution in [2.75, 3.05) is 39.4 Å². The van der Waals surface area contributed by atoms with Crippen molar-refractivity contribution in [3.63, 3.8) is 0 Å². The van der Waals surface area contributed by atoms with Crippen LogP contribution in [0.2, 0.25) is 0 Å². The van der Waals surface area contributed by atoms with Crippen molar-refractivity contribution in [3.8, 4) is 0 Å². The molecule has 0 saturated carbocycles. The summed E-state index contributed by atoms with van der Waals surface area (Å²) in [6, 6.07) is 10.3. The first-order valence-corrected chi connectivity index (χ1v) is 8.49. The molecule has 1 aromatic rings. The molecule has 1 fully saturated rings. The van der Waals surface area contributed by atoms with E-state index in [4.69, 9.17) is 10.2 Å². The van der Waals surface area contributed by atoms with E-state index >= 15 is 0 Å². The Morgan fingerprint density at radius 2 is 1.62 bits per heavy atom. The summed E-state index contributed by atoms with van der Waals surface area (Å²) in [6.07, 6.45) is 2.76. The van der Waals surface area contributed by atoms with Crippen LogP contribution >= 0.6 is 0 Å². The van der Waals surface area contributed by atoms with Gasteiger partial charge in [-0.15, -0.1) is 0 Å². The van der Waals surface area contributed by atoms with Gasteiger partial charge in [-0.05, 0) is 30.7 Å². The van der Waals surface area contributed by atoms with E-state index in [2.05, 4.69) is 12.1 Å². The minimum absolute atomic E-state index is 0.0651. The molecule has 6 nitrogen and oxygen atoms in total. The number of carbonyl (C=O) groups is 2. The highest BCUT2D eigenvalue weighted by Gasteiger charge is 2.29. The minimum atomic E-state index is -0.639. The van der Waals surface area contributed by atoms with E-state index in [1.54, 1.807) is 4.90 Å². The summed E-state index contributed by atoms with van der Waals surface area (Å²) < 4.78 is 0. The zero-order chi connectivity index (χ0) is 17.4. The van der Waals surface area contributed by atoms with Crippen molar-refractivity contribution in [2.45, 2.75) is 19.3 Å². The lowest BCUT2D eigenvalue weighted by atomic mass is 9.90. The highest BCUT2D eigenvalue weighted by Crippen LogP contribution is 2.21. The second kappa shape index (κ2) is 9.39. The monoisotopic (exact) mass is 334 g/mol. The van der Waals surface area contributed by atoms with Gasteiger partial charge in [0.1, 0.15) is 0 Å². The Morgan fingerprint density at radius 3 is 2.17 bits per heavy atom. The lowest BCUT2D eigenvalue weighted by Gasteiger charge is -2.33. The van der Waals surface area contributed by atoms with E-state index in [-0.39, 0.29) is 26.3 Å². The number of hydrogen-bond donors (Lipinski definition) is 2. The summed E-state index contributed by atoms with van der Waals surface area (Å²) in [5.74, 6) is -0.646. The molecule has 2 amide bonds. The SMILES string of the molecule is O=C(C(=O)N1CCC(Cc2ccccc2)CC1)N(CCO)CCO. The zero-order valence-electron chi connectivity index (χ0n) is 13.9. The van der Waals surface area contributed by atoms with Crippen LogP contribution in [-0.4, -0.2) is 71.2 Å². The summed E-state index contributed by atoms with van der Waals surface area (Å²) in [7, 11) is 0. The third-order valence-corrected chi connectivity index (χ3v) is 4.48. The molecule has 0 radical (unpaired) electrons. The van der Waals surface area contributed by atoms with Crippen LogP contribution in [0.4, 0.5) is 0 Å². The van der Waals surface area contributed by atoms with Gasteiger partial charge in [-0.3, -0.25) is 9.59 Å². The van der Waals surface area contributed by atoms with Gasteiger partial charge in [-0.2, -0.15) is 0 Å². The van der Waals surface area contributed by atoms with Gasteiger partial charge < -0.3 is 20.0 Å². The average molecular weight is 334 g/mol. The molecule has 2 N–H and O–H groups in total. The number of likely N-dealkylation sites (tertiary alicyclic amines) is 1. The summed E-state index contributed by atoms with van der Waals surface area (Å²) in [5, 5.41) is 18.0. The molecule has 24 heavy (non-hydrogen) atoms. The van der Waals surface area contributed by atoms with Crippen LogP contribution in [0, 0.1) is 5.92 Å². The molecule has 6 heteroatoms. The van der Waals surface area contributed by atoms with Gasteiger partial charge in [-0.25, -0.2) is 0 Å². The van der Waals surface area contributed by atoms with Crippen LogP contribution in [0.1, 0.15) is 18.4 Å². The van der Waals surface area contributed by atoms with Crippen molar-refractivity contribution in [1.82, 2.24) is 9.80 Å². The van der Waals surface area contributed by atoms with E-state index in [0.29, 0.717) is 19.0 Å². The third kappa shape index (κ3) is 5.04. The lowest BCUT2D eigenvalue weighted by Crippen LogP contribution is -2.49. The van der Waals surface area contributed by atoms with E-state index in [0.717, 1.165) is 19.3 Å². The van der Waals surface area contributed by atoms with Crippen LogP contribution in [0.3, 0.4) is 0 Å². The van der Waals surface area contributed by atoms with Crippen molar-refractivity contribution < 1.29 is 19.8 Å². The normalized spacial score (nSPS) is 15.3. The van der Waals surface area contributed by atoms with Gasteiger partial charge >= 0.3 is 11.8 Å². The van der Waals surface area contributed by atoms with Crippen molar-refractivity contribution in [3.05, 3.63) is 35.9 Å². The highest BCUT2D eigenvalue weighted by atomic mass is 16.3. The number of carbonyl (C=O) groups excluding carboxylic acids is 2. The number of benzene rings is 1. The van der Waals surface area contributed by atoms with Crippen molar-refractivity contribution >= 4 is 11.8 Å². The first-order chi connectivity index (χ1) is 11.7. The molecule has 1 aromatic carbocycles. The molecule has 1 saturated heterocycles. The third-order valence-electron chi connectivity index (χ3n) is 4.48. The largest absolute Gasteiger partial charge is 0.395 e. The summed E-state index contributed by atoms with van der Waals surface area (Å²) in [6.45, 7) is 0.837. The fourth-order valence-electron chi connectivity index (χ4n) is 3.11. The number of hydrogen-bond acceptors (Lipinski definition) is 4. The first kappa shape index (κ1) is 18.4. The van der Waals surface area contributed by atoms with Gasteiger partial charge in [0.25, 0.3) is 0 Å². The first-order valence-electron chi connectivity index (χ1n) is 8.49. The Balaban J connectivity index is 1.84. The summed E-state index contributed by atoms with van der Waals surface area (Å²) in [4.78, 5) is 27.3. The van der Waals surface area contributed by atoms with E-state index in [1.807, 2.05) is 18.2 Å². The maximum absolute atomic E-state index is 12.3. The highest BCUT2D eigenvalue weighted by molar-refractivity contribution is 6.34. The van der Waals surface area contributed by atoms with E-state index in [9.17, 15) is 9.59 Å². The Hall–Kier alpha value is -1.92. The number of nitrogens with zero attached hydrogens (tertiary/aromatic N) is 2. The zero-order valence-corrected chi connectivity index (χ0v) is 13.9. The molecular weight excluding hydrogens is 308 g/mol. The molecule has 1 heterocycles. The van der Waals surface area contributed by atoms with Crippen LogP contribution in [0.5, 0.6) is 0 Å². The second-order valence-electron chi connectivity index (χ2n) is 6.16. The Kier molecular flexibility index (Phi) is 7.21. The summed E-state index contributed by atoms with van der Waals surface area (Å²) in [5.41, 5.74) is 1.30. The molecule has 0 atom stereocenters. The number of aliphatic hydroxyl groups excluding tert-OH is 2. The molecule has 2 rings (SSSR count). The van der Waals surface area contributed by atoms with Gasteiger partial charge in [0.2, 0.25) is 0 Å². The minimum Gasteiger partial charge on any atom is -0.395 e. The van der Waals surface area contributed by atoms with Crippen LogP contribution in [0.15, 0.2) is 30.3 Å². The van der Waals surface area contributed by atoms with Crippen LogP contribution in [0.25, 0.3) is 0 Å². The standard InChI is InChI=1S/C18H26N2O4/c21-12-10-20(11-13-22)18(24)17(23)19-8-6-16(7-9-19)14-15-4-2-1-3-5-15/h1-5,16,21-22H,6-14H2. The Bertz CT molecular complexity index is 521. The van der Waals surface area contributed by atoms with Crippen LogP contribution < -0.4 is 0 Å². The molecule has 0 spiro atoms. The molecule has 132 valence electrons. The Labute approximate surface area is 142 Å². The van der Waals surface area contributed by atoms with E-state index in [1.165, 1.54) is 10.5 Å². The molecular formula is C18H26N2O4. The maximum atomic E-state index is 12.3. The number of piperidine rings is 1. The predicted molar refractivity (Wildman–Crippen MR) is 90.2 cm³/mol. The van der Waals surface area contributed by atoms with Crippen LogP contribution in [-0.2, 0) is 16.0 Å². The predicted octanol–water partition coefficient (Wildman–Crippen LogP) is 0.281. The molecule has 0 aliphatic carbocycles. The average Bonchev–Trinajstić information content (AvgIpc) is 2.62. The number of rotatable bonds is 6. The topological polar surface area (TPSA) is 81.1 Å². The van der Waals surface area contributed by atoms with Crippen molar-refractivity contribution in [2.24, 2.45) is 5.92 Å². The molecule has 0 unspecified atom stereocenters. The number of aliphatic hydroxyl groups is 2. The number of amides is 2. The fraction of sp³-hybridized carbons (Fsp3) is 0.556. The molecule has 0 bridgehead atoms. The van der Waals surface area contributed by atoms with Gasteiger partial charge in [0.05, 0.1) is 13.2 Å². The quantitative estimate of drug-likeness (QED) is 0.732. The van der Waals surface area contributed by atoms with Gasteiger partial charge in [0.15, 0.2) is 0 Å². The molecule has 1 aliphatic heterocycles. The van der Waals surface area contributed by atoms with Crippen molar-refractivity contribution in [1.29, 1.82) is 0 Å². The maximum Gasteiger partial charge on any atom is 0.312 e. The Morgan fingerprint density at radius 1 is 1.04 bits per heavy atom. The second-order valence-corrected chi connectivity index (χ2v) is 6.16. The molecule has 1 aliphatic rings. The smallest absolute Gasteiger partial charge is 0.312 e. The fourth-order valence-corrected chi connectivity index (χ4v) is 3.11. The van der Waals surface area contributed by atoms with Gasteiger partial charge in [0, 0.05) is 26.2 Å². The van der Waals surface area contributed by atoms with Gasteiger partial charge in [-0.1, -0.05) is 30.3 Å². The molecule has 0 aromatic heterocycles. The summed E-state index contributed by atoms with van der Waals surface area (Å²) >= 11 is 0.